The molecule has 0 amide bonds. The van der Waals surface area contributed by atoms with Gasteiger partial charge in [-0.15, -0.1) is 0 Å². The molecule has 0 saturated heterocycles. The number of hydrogen-bond donors (Lipinski definition) is 6. The molecule has 8 heteroatoms. The maximum atomic E-state index is 11.6. The molecule has 20 heavy (non-hydrogen) atoms. The predicted molar refractivity (Wildman–Crippen MR) is 69.9 cm³/mol. The van der Waals surface area contributed by atoms with E-state index in [1.165, 1.54) is 0 Å². The smallest absolute Gasteiger partial charge is 0.164 e. The largest absolute Gasteiger partial charge is 0.394 e. The highest BCUT2D eigenvalue weighted by Gasteiger charge is 2.36. The molecule has 0 fully saturated rings. The van der Waals surface area contributed by atoms with Crippen molar-refractivity contribution in [1.82, 2.24) is 4.90 Å². The van der Waals surface area contributed by atoms with E-state index in [0.717, 1.165) is 0 Å². The second kappa shape index (κ2) is 9.35. The van der Waals surface area contributed by atoms with E-state index in [-0.39, 0.29) is 6.42 Å². The summed E-state index contributed by atoms with van der Waals surface area (Å²) in [5, 5.41) is 55.8. The van der Waals surface area contributed by atoms with E-state index in [1.54, 1.807) is 0 Å². The fourth-order valence-corrected chi connectivity index (χ4v) is 1.63. The van der Waals surface area contributed by atoms with Gasteiger partial charge in [0.2, 0.25) is 0 Å². The second-order valence-electron chi connectivity index (χ2n) is 5.04. The summed E-state index contributed by atoms with van der Waals surface area (Å²) in [6, 6.07) is 0. The average molecular weight is 295 g/mol. The molecule has 0 radical (unpaired) electrons. The minimum absolute atomic E-state index is 0.0157. The van der Waals surface area contributed by atoms with Gasteiger partial charge in [0.1, 0.15) is 30.5 Å². The molecule has 0 bridgehead atoms. The molecule has 120 valence electrons. The molecule has 0 aliphatic heterocycles. The summed E-state index contributed by atoms with van der Waals surface area (Å²) in [5.41, 5.74) is 0. The minimum Gasteiger partial charge on any atom is -0.394 e. The van der Waals surface area contributed by atoms with Crippen molar-refractivity contribution in [2.75, 3.05) is 27.2 Å². The number of hydrogen-bond acceptors (Lipinski definition) is 8. The summed E-state index contributed by atoms with van der Waals surface area (Å²) < 4.78 is 0. The van der Waals surface area contributed by atoms with Gasteiger partial charge in [-0.2, -0.15) is 0 Å². The number of ketones is 1. The fourth-order valence-electron chi connectivity index (χ4n) is 1.63. The summed E-state index contributed by atoms with van der Waals surface area (Å²) in [5.74, 6) is -0.663. The fraction of sp³-hybridized carbons (Fsp3) is 0.917. The third-order valence-corrected chi connectivity index (χ3v) is 2.96. The van der Waals surface area contributed by atoms with Crippen LogP contribution >= 0.6 is 0 Å². The van der Waals surface area contributed by atoms with Gasteiger partial charge in [-0.1, -0.05) is 0 Å². The highest BCUT2D eigenvalue weighted by atomic mass is 16.4. The highest BCUT2D eigenvalue weighted by Crippen LogP contribution is 2.11. The lowest BCUT2D eigenvalue weighted by atomic mass is 9.96. The van der Waals surface area contributed by atoms with Crippen LogP contribution in [-0.4, -0.2) is 99.1 Å². The zero-order chi connectivity index (χ0) is 15.9. The van der Waals surface area contributed by atoms with Crippen molar-refractivity contribution >= 4 is 5.78 Å². The van der Waals surface area contributed by atoms with Crippen LogP contribution in [0.15, 0.2) is 0 Å². The van der Waals surface area contributed by atoms with Crippen LogP contribution < -0.4 is 0 Å². The molecule has 0 aliphatic rings. The first-order valence-electron chi connectivity index (χ1n) is 6.41. The van der Waals surface area contributed by atoms with Gasteiger partial charge in [0, 0.05) is 6.42 Å². The monoisotopic (exact) mass is 295 g/mol. The Hall–Kier alpha value is -0.610. The highest BCUT2D eigenvalue weighted by molar-refractivity contribution is 5.83. The topological polar surface area (TPSA) is 142 Å². The molecule has 0 spiro atoms. The van der Waals surface area contributed by atoms with Gasteiger partial charge in [0.25, 0.3) is 0 Å². The van der Waals surface area contributed by atoms with Crippen LogP contribution in [0.25, 0.3) is 0 Å². The number of carbonyl (C=O) groups is 1. The molecule has 0 aromatic rings. The number of rotatable bonds is 10. The van der Waals surface area contributed by atoms with Crippen LogP contribution in [0, 0.1) is 0 Å². The lowest BCUT2D eigenvalue weighted by Gasteiger charge is -2.27. The third kappa shape index (κ3) is 6.23. The quantitative estimate of drug-likeness (QED) is 0.246. The van der Waals surface area contributed by atoms with Gasteiger partial charge in [0.15, 0.2) is 5.78 Å². The Morgan fingerprint density at radius 3 is 2.00 bits per heavy atom. The van der Waals surface area contributed by atoms with Crippen molar-refractivity contribution in [3.05, 3.63) is 0 Å². The second-order valence-corrected chi connectivity index (χ2v) is 5.04. The first-order valence-corrected chi connectivity index (χ1v) is 6.41. The van der Waals surface area contributed by atoms with Crippen LogP contribution in [0.3, 0.4) is 0 Å². The van der Waals surface area contributed by atoms with Gasteiger partial charge in [-0.25, -0.2) is 0 Å². The van der Waals surface area contributed by atoms with E-state index < -0.39 is 42.9 Å². The molecule has 6 N–H and O–H groups in total. The number of aliphatic hydroxyl groups is 6. The molecule has 0 rings (SSSR count). The van der Waals surface area contributed by atoms with Gasteiger partial charge in [-0.05, 0) is 27.1 Å². The van der Waals surface area contributed by atoms with Crippen molar-refractivity contribution in [3.63, 3.8) is 0 Å². The first-order chi connectivity index (χ1) is 9.22. The SMILES string of the molecule is CN(C)CCCC(=O)C(O)C(O)C(O)C(O)C(O)CO. The summed E-state index contributed by atoms with van der Waals surface area (Å²) in [6.07, 6.45) is -8.76. The summed E-state index contributed by atoms with van der Waals surface area (Å²) in [7, 11) is 3.65. The normalized spacial score (nSPS) is 19.4. The van der Waals surface area contributed by atoms with E-state index in [4.69, 9.17) is 10.2 Å². The van der Waals surface area contributed by atoms with Gasteiger partial charge >= 0.3 is 0 Å². The molecule has 0 aromatic heterocycles. The Labute approximate surface area is 117 Å². The zero-order valence-electron chi connectivity index (χ0n) is 11.8. The Morgan fingerprint density at radius 2 is 1.55 bits per heavy atom. The summed E-state index contributed by atoms with van der Waals surface area (Å²) >= 11 is 0. The van der Waals surface area contributed by atoms with Crippen LogP contribution in [0.5, 0.6) is 0 Å². The van der Waals surface area contributed by atoms with Crippen molar-refractivity contribution < 1.29 is 35.4 Å². The van der Waals surface area contributed by atoms with Gasteiger partial charge < -0.3 is 35.5 Å². The van der Waals surface area contributed by atoms with Crippen molar-refractivity contribution in [2.45, 2.75) is 43.4 Å². The number of nitrogens with zero attached hydrogens (tertiary/aromatic N) is 1. The van der Waals surface area contributed by atoms with Crippen LogP contribution in [-0.2, 0) is 4.79 Å². The Bertz CT molecular complexity index is 287. The standard InChI is InChI=1S/C12H25NO7/c1-13(2)5-3-4-7(15)9(17)11(19)12(20)10(18)8(16)6-14/h8-12,14,16-20H,3-6H2,1-2H3. The molecule has 5 atom stereocenters. The van der Waals surface area contributed by atoms with Crippen molar-refractivity contribution in [2.24, 2.45) is 0 Å². The maximum absolute atomic E-state index is 11.6. The van der Waals surface area contributed by atoms with Gasteiger partial charge in [-0.3, -0.25) is 4.79 Å². The molecule has 0 aliphatic carbocycles. The molecule has 0 aromatic carbocycles. The van der Waals surface area contributed by atoms with E-state index in [1.807, 2.05) is 19.0 Å². The molecule has 0 heterocycles. The molecular formula is C12H25NO7. The number of carbonyl (C=O) groups excluding carboxylic acids is 1. The van der Waals surface area contributed by atoms with Crippen LogP contribution in [0.4, 0.5) is 0 Å². The molecular weight excluding hydrogens is 270 g/mol. The first kappa shape index (κ1) is 19.4. The van der Waals surface area contributed by atoms with Gasteiger partial charge in [0.05, 0.1) is 6.61 Å². The van der Waals surface area contributed by atoms with Crippen LogP contribution in [0.1, 0.15) is 12.8 Å². The molecule has 8 nitrogen and oxygen atoms in total. The van der Waals surface area contributed by atoms with E-state index in [0.29, 0.717) is 13.0 Å². The summed E-state index contributed by atoms with van der Waals surface area (Å²) in [6.45, 7) is -0.194. The average Bonchev–Trinajstić information content (AvgIpc) is 2.42. The van der Waals surface area contributed by atoms with E-state index in [9.17, 15) is 25.2 Å². The number of aliphatic hydroxyl groups excluding tert-OH is 6. The minimum atomic E-state index is -1.94. The van der Waals surface area contributed by atoms with E-state index in [2.05, 4.69) is 0 Å². The Balaban J connectivity index is 4.37. The molecule has 0 saturated carbocycles. The Morgan fingerprint density at radius 1 is 1.00 bits per heavy atom. The lowest BCUT2D eigenvalue weighted by Crippen LogP contribution is -2.51. The predicted octanol–water partition coefficient (Wildman–Crippen LogP) is -3.31. The summed E-state index contributed by atoms with van der Waals surface area (Å²) in [4.78, 5) is 13.5. The zero-order valence-corrected chi connectivity index (χ0v) is 11.8. The molecule has 5 unspecified atom stereocenters. The van der Waals surface area contributed by atoms with Crippen LogP contribution in [0.2, 0.25) is 0 Å². The third-order valence-electron chi connectivity index (χ3n) is 2.96. The van der Waals surface area contributed by atoms with Crippen molar-refractivity contribution in [1.29, 1.82) is 0 Å². The van der Waals surface area contributed by atoms with Crippen molar-refractivity contribution in [3.8, 4) is 0 Å². The lowest BCUT2D eigenvalue weighted by molar-refractivity contribution is -0.155. The van der Waals surface area contributed by atoms with E-state index >= 15 is 0 Å². The number of Topliss-reactive ketones (excluding diaryl/α,β-unsaturated/α-hetero) is 1. The maximum Gasteiger partial charge on any atom is 0.164 e. The Kier molecular flexibility index (Phi) is 9.06.